The van der Waals surface area contributed by atoms with Crippen LogP contribution >= 0.6 is 0 Å². The van der Waals surface area contributed by atoms with Crippen molar-refractivity contribution in [2.75, 3.05) is 13.7 Å². The van der Waals surface area contributed by atoms with Crippen LogP contribution in [0.2, 0.25) is 0 Å². The van der Waals surface area contributed by atoms with Gasteiger partial charge in [0.1, 0.15) is 5.75 Å². The summed E-state index contributed by atoms with van der Waals surface area (Å²) in [5.74, 6) is -0.788. The number of aromatic nitrogens is 1. The SMILES string of the molecule is CCOC(=O)C(=O)c1cc2c(OC)cccc2n1CC. The minimum absolute atomic E-state index is 0.181. The molecule has 106 valence electrons. The molecule has 0 fully saturated rings. The maximum Gasteiger partial charge on any atom is 0.381 e. The van der Waals surface area contributed by atoms with Crippen molar-refractivity contribution in [2.24, 2.45) is 0 Å². The number of aryl methyl sites for hydroxylation is 1. The molecule has 2 rings (SSSR count). The number of ether oxygens (including phenoxy) is 2. The molecule has 0 N–H and O–H groups in total. The average Bonchev–Trinajstić information content (AvgIpc) is 2.84. The number of carbonyl (C=O) groups is 2. The van der Waals surface area contributed by atoms with Gasteiger partial charge in [-0.25, -0.2) is 4.79 Å². The van der Waals surface area contributed by atoms with E-state index >= 15 is 0 Å². The molecule has 2 aromatic rings. The van der Waals surface area contributed by atoms with E-state index in [4.69, 9.17) is 9.47 Å². The molecule has 0 saturated carbocycles. The van der Waals surface area contributed by atoms with Crippen molar-refractivity contribution in [1.29, 1.82) is 0 Å². The number of hydrogen-bond acceptors (Lipinski definition) is 4. The lowest BCUT2D eigenvalue weighted by Crippen LogP contribution is -2.20. The summed E-state index contributed by atoms with van der Waals surface area (Å²) in [7, 11) is 1.57. The van der Waals surface area contributed by atoms with E-state index in [0.29, 0.717) is 18.0 Å². The number of methoxy groups -OCH3 is 1. The van der Waals surface area contributed by atoms with Crippen molar-refractivity contribution in [1.82, 2.24) is 4.57 Å². The Hall–Kier alpha value is -2.30. The number of benzene rings is 1. The van der Waals surface area contributed by atoms with E-state index in [9.17, 15) is 9.59 Å². The standard InChI is InChI=1S/C15H17NO4/c1-4-16-11-7-6-8-13(19-3)10(11)9-12(16)14(17)15(18)20-5-2/h6-9H,4-5H2,1-3H3. The predicted octanol–water partition coefficient (Wildman–Crippen LogP) is 2.42. The Labute approximate surface area is 117 Å². The van der Waals surface area contributed by atoms with Crippen LogP contribution in [0.15, 0.2) is 24.3 Å². The molecule has 0 atom stereocenters. The van der Waals surface area contributed by atoms with Crippen LogP contribution in [-0.2, 0) is 16.1 Å². The van der Waals surface area contributed by atoms with Crippen LogP contribution in [0.5, 0.6) is 5.75 Å². The zero-order chi connectivity index (χ0) is 14.7. The first-order chi connectivity index (χ1) is 9.63. The molecule has 0 aliphatic rings. The second-order valence-corrected chi connectivity index (χ2v) is 4.22. The topological polar surface area (TPSA) is 57.5 Å². The molecule has 0 saturated heterocycles. The molecule has 0 aliphatic carbocycles. The van der Waals surface area contributed by atoms with Gasteiger partial charge in [0.2, 0.25) is 0 Å². The van der Waals surface area contributed by atoms with Gasteiger partial charge in [0, 0.05) is 11.9 Å². The number of nitrogens with zero attached hydrogens (tertiary/aromatic N) is 1. The maximum absolute atomic E-state index is 12.1. The third-order valence-corrected chi connectivity index (χ3v) is 3.14. The minimum atomic E-state index is -0.830. The first-order valence-electron chi connectivity index (χ1n) is 6.51. The van der Waals surface area contributed by atoms with Crippen LogP contribution in [0.25, 0.3) is 10.9 Å². The fraction of sp³-hybridized carbons (Fsp3) is 0.333. The number of ketones is 1. The molecule has 1 aromatic heterocycles. The summed E-state index contributed by atoms with van der Waals surface area (Å²) in [6, 6.07) is 7.24. The molecular formula is C15H17NO4. The molecule has 0 radical (unpaired) electrons. The highest BCUT2D eigenvalue weighted by atomic mass is 16.5. The van der Waals surface area contributed by atoms with Crippen LogP contribution in [0.3, 0.4) is 0 Å². The quantitative estimate of drug-likeness (QED) is 0.477. The molecule has 5 nitrogen and oxygen atoms in total. The Morgan fingerprint density at radius 1 is 1.25 bits per heavy atom. The Balaban J connectivity index is 2.59. The molecular weight excluding hydrogens is 258 g/mol. The zero-order valence-electron chi connectivity index (χ0n) is 11.8. The molecule has 1 heterocycles. The molecule has 1 aromatic carbocycles. The van der Waals surface area contributed by atoms with Crippen LogP contribution < -0.4 is 4.74 Å². The summed E-state index contributed by atoms with van der Waals surface area (Å²) in [5.41, 5.74) is 1.19. The highest BCUT2D eigenvalue weighted by Gasteiger charge is 2.23. The van der Waals surface area contributed by atoms with E-state index in [1.165, 1.54) is 0 Å². The van der Waals surface area contributed by atoms with Gasteiger partial charge in [-0.2, -0.15) is 0 Å². The number of esters is 1. The highest BCUT2D eigenvalue weighted by molar-refractivity contribution is 6.40. The first-order valence-corrected chi connectivity index (χ1v) is 6.51. The van der Waals surface area contributed by atoms with Crippen LogP contribution in [0.1, 0.15) is 24.3 Å². The number of fused-ring (bicyclic) bond motifs is 1. The van der Waals surface area contributed by atoms with Gasteiger partial charge in [0.15, 0.2) is 0 Å². The van der Waals surface area contributed by atoms with Crippen molar-refractivity contribution in [2.45, 2.75) is 20.4 Å². The summed E-state index contributed by atoms with van der Waals surface area (Å²) in [6.45, 7) is 4.35. The van der Waals surface area contributed by atoms with Gasteiger partial charge in [0.25, 0.3) is 5.78 Å². The third-order valence-electron chi connectivity index (χ3n) is 3.14. The van der Waals surface area contributed by atoms with Crippen LogP contribution in [0.4, 0.5) is 0 Å². The van der Waals surface area contributed by atoms with Crippen molar-refractivity contribution >= 4 is 22.7 Å². The minimum Gasteiger partial charge on any atom is -0.496 e. The second-order valence-electron chi connectivity index (χ2n) is 4.22. The summed E-state index contributed by atoms with van der Waals surface area (Å²) in [5, 5.41) is 0.810. The fourth-order valence-electron chi connectivity index (χ4n) is 2.27. The van der Waals surface area contributed by atoms with Gasteiger partial charge >= 0.3 is 5.97 Å². The number of hydrogen-bond donors (Lipinski definition) is 0. The van der Waals surface area contributed by atoms with Crippen molar-refractivity contribution in [3.8, 4) is 5.75 Å². The summed E-state index contributed by atoms with van der Waals surface area (Å²) in [6.07, 6.45) is 0. The molecule has 20 heavy (non-hydrogen) atoms. The van der Waals surface area contributed by atoms with Crippen molar-refractivity contribution < 1.29 is 19.1 Å². The molecule has 5 heteroatoms. The van der Waals surface area contributed by atoms with Crippen LogP contribution in [-0.4, -0.2) is 30.0 Å². The number of rotatable bonds is 5. The summed E-state index contributed by atoms with van der Waals surface area (Å²) >= 11 is 0. The summed E-state index contributed by atoms with van der Waals surface area (Å²) < 4.78 is 11.9. The Bertz CT molecular complexity index is 657. The maximum atomic E-state index is 12.1. The van der Waals surface area contributed by atoms with E-state index in [1.807, 2.05) is 25.1 Å². The van der Waals surface area contributed by atoms with Gasteiger partial charge in [-0.3, -0.25) is 4.79 Å². The normalized spacial score (nSPS) is 10.6. The number of Topliss-reactive ketones (excluding diaryl/α,β-unsaturated/α-hetero) is 1. The number of carbonyl (C=O) groups excluding carboxylic acids is 2. The largest absolute Gasteiger partial charge is 0.496 e. The Morgan fingerprint density at radius 2 is 2.00 bits per heavy atom. The Morgan fingerprint density at radius 3 is 2.60 bits per heavy atom. The predicted molar refractivity (Wildman–Crippen MR) is 75.1 cm³/mol. The summed E-state index contributed by atoms with van der Waals surface area (Å²) in [4.78, 5) is 23.8. The van der Waals surface area contributed by atoms with Gasteiger partial charge in [-0.15, -0.1) is 0 Å². The van der Waals surface area contributed by atoms with Crippen molar-refractivity contribution in [3.63, 3.8) is 0 Å². The second kappa shape index (κ2) is 5.77. The molecule has 0 amide bonds. The smallest absolute Gasteiger partial charge is 0.381 e. The Kier molecular flexibility index (Phi) is 4.08. The van der Waals surface area contributed by atoms with Gasteiger partial charge in [-0.1, -0.05) is 6.07 Å². The monoisotopic (exact) mass is 275 g/mol. The average molecular weight is 275 g/mol. The van der Waals surface area contributed by atoms with E-state index in [1.54, 1.807) is 24.7 Å². The fourth-order valence-corrected chi connectivity index (χ4v) is 2.27. The van der Waals surface area contributed by atoms with E-state index in [0.717, 1.165) is 10.9 Å². The molecule has 0 bridgehead atoms. The lowest BCUT2D eigenvalue weighted by atomic mass is 10.2. The van der Waals surface area contributed by atoms with E-state index in [2.05, 4.69) is 0 Å². The lowest BCUT2D eigenvalue weighted by Gasteiger charge is -2.07. The van der Waals surface area contributed by atoms with E-state index in [-0.39, 0.29) is 6.61 Å². The van der Waals surface area contributed by atoms with Crippen LogP contribution in [0, 0.1) is 0 Å². The lowest BCUT2D eigenvalue weighted by molar-refractivity contribution is -0.137. The molecule has 0 unspecified atom stereocenters. The van der Waals surface area contributed by atoms with Crippen molar-refractivity contribution in [3.05, 3.63) is 30.0 Å². The molecule has 0 spiro atoms. The first kappa shape index (κ1) is 14.1. The highest BCUT2D eigenvalue weighted by Crippen LogP contribution is 2.29. The van der Waals surface area contributed by atoms with Gasteiger partial charge in [-0.05, 0) is 32.0 Å². The zero-order valence-corrected chi connectivity index (χ0v) is 11.8. The third kappa shape index (κ3) is 2.27. The van der Waals surface area contributed by atoms with E-state index < -0.39 is 11.8 Å². The van der Waals surface area contributed by atoms with Gasteiger partial charge < -0.3 is 14.0 Å². The molecule has 0 aliphatic heterocycles. The van der Waals surface area contributed by atoms with Gasteiger partial charge in [0.05, 0.1) is 24.9 Å².